The number of carbonyl (C=O) groups is 1. The molecule has 3 heterocycles. The summed E-state index contributed by atoms with van der Waals surface area (Å²) in [6.07, 6.45) is 0.732. The maximum Gasteiger partial charge on any atom is 0.227 e. The van der Waals surface area contributed by atoms with E-state index < -0.39 is 0 Å². The summed E-state index contributed by atoms with van der Waals surface area (Å²) in [5.74, 6) is 2.84. The van der Waals surface area contributed by atoms with Gasteiger partial charge in [-0.05, 0) is 19.1 Å². The fourth-order valence-electron chi connectivity index (χ4n) is 3.11. The van der Waals surface area contributed by atoms with Crippen LogP contribution < -0.4 is 5.32 Å². The first-order chi connectivity index (χ1) is 13.3. The van der Waals surface area contributed by atoms with E-state index in [4.69, 9.17) is 13.7 Å². The summed E-state index contributed by atoms with van der Waals surface area (Å²) in [5, 5.41) is 7.02. The van der Waals surface area contributed by atoms with Crippen molar-refractivity contribution in [3.8, 4) is 0 Å². The van der Waals surface area contributed by atoms with Gasteiger partial charge in [0.1, 0.15) is 11.5 Å². The monoisotopic (exact) mass is 390 g/mol. The number of rotatable bonds is 7. The molecule has 154 valence electrons. The van der Waals surface area contributed by atoms with E-state index in [1.54, 1.807) is 0 Å². The molecule has 1 unspecified atom stereocenters. The molecular weight excluding hydrogens is 360 g/mol. The van der Waals surface area contributed by atoms with E-state index in [0.717, 1.165) is 24.6 Å². The van der Waals surface area contributed by atoms with Crippen molar-refractivity contribution in [2.45, 2.75) is 52.0 Å². The van der Waals surface area contributed by atoms with Crippen LogP contribution in [0.1, 0.15) is 56.5 Å². The van der Waals surface area contributed by atoms with Crippen LogP contribution in [0.2, 0.25) is 0 Å². The van der Waals surface area contributed by atoms with Gasteiger partial charge >= 0.3 is 0 Å². The Kier molecular flexibility index (Phi) is 6.51. The Bertz CT molecular complexity index is 771. The molecule has 0 aromatic carbocycles. The highest BCUT2D eigenvalue weighted by Gasteiger charge is 2.26. The number of hydrogen-bond acceptors (Lipinski definition) is 7. The fraction of sp³-hybridized carbons (Fsp3) is 0.650. The highest BCUT2D eigenvalue weighted by Crippen LogP contribution is 2.23. The molecule has 1 atom stereocenters. The summed E-state index contributed by atoms with van der Waals surface area (Å²) in [6, 6.07) is 3.93. The molecule has 0 bridgehead atoms. The summed E-state index contributed by atoms with van der Waals surface area (Å²) < 4.78 is 16.5. The first-order valence-electron chi connectivity index (χ1n) is 9.81. The predicted molar refractivity (Wildman–Crippen MR) is 103 cm³/mol. The number of aromatic nitrogens is 2. The van der Waals surface area contributed by atoms with Crippen molar-refractivity contribution in [1.82, 2.24) is 20.4 Å². The van der Waals surface area contributed by atoms with Crippen molar-refractivity contribution in [2.24, 2.45) is 0 Å². The van der Waals surface area contributed by atoms with Gasteiger partial charge in [-0.3, -0.25) is 9.69 Å². The summed E-state index contributed by atoms with van der Waals surface area (Å²) in [5.41, 5.74) is -0.170. The van der Waals surface area contributed by atoms with Crippen molar-refractivity contribution in [1.29, 1.82) is 0 Å². The maximum absolute atomic E-state index is 12.4. The van der Waals surface area contributed by atoms with Crippen molar-refractivity contribution in [2.75, 3.05) is 32.8 Å². The zero-order chi connectivity index (χ0) is 20.1. The minimum absolute atomic E-state index is 0.00236. The zero-order valence-corrected chi connectivity index (χ0v) is 17.2. The largest absolute Gasteiger partial charge is 0.465 e. The lowest BCUT2D eigenvalue weighted by Crippen LogP contribution is -2.43. The second kappa shape index (κ2) is 8.87. The van der Waals surface area contributed by atoms with Gasteiger partial charge in [0.05, 0.1) is 19.3 Å². The van der Waals surface area contributed by atoms with Gasteiger partial charge in [0.25, 0.3) is 0 Å². The molecule has 1 aliphatic rings. The predicted octanol–water partition coefficient (Wildman–Crippen LogP) is 2.39. The number of carbonyl (C=O) groups excluding carboxylic acids is 1. The van der Waals surface area contributed by atoms with Crippen LogP contribution in [-0.4, -0.2) is 53.8 Å². The third kappa shape index (κ3) is 5.42. The van der Waals surface area contributed by atoms with Crippen LogP contribution in [0.25, 0.3) is 0 Å². The van der Waals surface area contributed by atoms with Crippen LogP contribution in [0.3, 0.4) is 0 Å². The minimum Gasteiger partial charge on any atom is -0.465 e. The molecule has 8 nitrogen and oxygen atoms in total. The topological polar surface area (TPSA) is 93.6 Å². The van der Waals surface area contributed by atoms with Crippen LogP contribution in [0, 0.1) is 6.92 Å². The average molecular weight is 390 g/mol. The number of amides is 1. The maximum atomic E-state index is 12.4. The Labute approximate surface area is 165 Å². The molecule has 3 rings (SSSR count). The molecule has 1 amide bonds. The summed E-state index contributed by atoms with van der Waals surface area (Å²) >= 11 is 0. The number of nitrogens with one attached hydrogen (secondary N) is 1. The molecule has 0 radical (unpaired) electrons. The first kappa shape index (κ1) is 20.5. The Morgan fingerprint density at radius 1 is 1.29 bits per heavy atom. The van der Waals surface area contributed by atoms with Crippen LogP contribution in [0.5, 0.6) is 0 Å². The Morgan fingerprint density at radius 2 is 2.04 bits per heavy atom. The second-order valence-corrected chi connectivity index (χ2v) is 8.18. The SMILES string of the molecule is Cc1ccc(C(CNC(=O)CCc2nc(C(C)(C)C)no2)N2CCOCC2)o1. The number of furan rings is 1. The molecule has 28 heavy (non-hydrogen) atoms. The van der Waals surface area contributed by atoms with E-state index in [1.807, 2.05) is 39.8 Å². The summed E-state index contributed by atoms with van der Waals surface area (Å²) in [6.45, 7) is 11.5. The number of morpholine rings is 1. The van der Waals surface area contributed by atoms with Crippen molar-refractivity contribution < 1.29 is 18.5 Å². The molecule has 2 aromatic rings. The lowest BCUT2D eigenvalue weighted by Gasteiger charge is -2.33. The van der Waals surface area contributed by atoms with Crippen LogP contribution in [-0.2, 0) is 21.4 Å². The van der Waals surface area contributed by atoms with E-state index in [9.17, 15) is 4.79 Å². The van der Waals surface area contributed by atoms with E-state index in [1.165, 1.54) is 0 Å². The normalized spacial score (nSPS) is 16.9. The van der Waals surface area contributed by atoms with Gasteiger partial charge in [-0.15, -0.1) is 0 Å². The molecule has 1 N–H and O–H groups in total. The van der Waals surface area contributed by atoms with Gasteiger partial charge in [0.2, 0.25) is 11.8 Å². The van der Waals surface area contributed by atoms with E-state index >= 15 is 0 Å². The second-order valence-electron chi connectivity index (χ2n) is 8.18. The van der Waals surface area contributed by atoms with Gasteiger partial charge in [-0.2, -0.15) is 4.98 Å². The zero-order valence-electron chi connectivity index (χ0n) is 17.2. The fourth-order valence-corrected chi connectivity index (χ4v) is 3.11. The van der Waals surface area contributed by atoms with E-state index in [0.29, 0.717) is 44.3 Å². The van der Waals surface area contributed by atoms with E-state index in [2.05, 4.69) is 20.4 Å². The Balaban J connectivity index is 1.53. The van der Waals surface area contributed by atoms with Gasteiger partial charge in [-0.25, -0.2) is 0 Å². The minimum atomic E-state index is -0.170. The van der Waals surface area contributed by atoms with Crippen LogP contribution in [0.15, 0.2) is 21.1 Å². The quantitative estimate of drug-likeness (QED) is 0.776. The Hall–Kier alpha value is -2.19. The van der Waals surface area contributed by atoms with Crippen LogP contribution >= 0.6 is 0 Å². The third-order valence-corrected chi connectivity index (χ3v) is 4.77. The van der Waals surface area contributed by atoms with Crippen molar-refractivity contribution in [3.05, 3.63) is 35.4 Å². The molecule has 1 fully saturated rings. The first-order valence-corrected chi connectivity index (χ1v) is 9.81. The van der Waals surface area contributed by atoms with Gasteiger partial charge in [0, 0.05) is 37.9 Å². The van der Waals surface area contributed by atoms with Crippen molar-refractivity contribution in [3.63, 3.8) is 0 Å². The molecule has 2 aromatic heterocycles. The van der Waals surface area contributed by atoms with Crippen molar-refractivity contribution >= 4 is 5.91 Å². The molecule has 0 spiro atoms. The Morgan fingerprint density at radius 3 is 2.64 bits per heavy atom. The smallest absolute Gasteiger partial charge is 0.227 e. The number of aryl methyl sites for hydroxylation is 2. The number of ether oxygens (including phenoxy) is 1. The number of nitrogens with zero attached hydrogens (tertiary/aromatic N) is 3. The average Bonchev–Trinajstić information content (AvgIpc) is 3.30. The lowest BCUT2D eigenvalue weighted by atomic mass is 9.96. The molecule has 0 aliphatic carbocycles. The summed E-state index contributed by atoms with van der Waals surface area (Å²) in [4.78, 5) is 19.0. The third-order valence-electron chi connectivity index (χ3n) is 4.77. The lowest BCUT2D eigenvalue weighted by molar-refractivity contribution is -0.121. The van der Waals surface area contributed by atoms with Crippen LogP contribution in [0.4, 0.5) is 0 Å². The molecule has 8 heteroatoms. The molecule has 1 saturated heterocycles. The van der Waals surface area contributed by atoms with Gasteiger partial charge in [-0.1, -0.05) is 25.9 Å². The standard InChI is InChI=1S/C20H30N4O4/c1-14-5-6-16(27-14)15(24-9-11-26-12-10-24)13-21-17(25)7-8-18-22-19(23-28-18)20(2,3)4/h5-6,15H,7-13H2,1-4H3,(H,21,25). The van der Waals surface area contributed by atoms with E-state index in [-0.39, 0.29) is 17.4 Å². The number of hydrogen-bond donors (Lipinski definition) is 1. The molecule has 1 aliphatic heterocycles. The molecular formula is C20H30N4O4. The highest BCUT2D eigenvalue weighted by atomic mass is 16.5. The van der Waals surface area contributed by atoms with Gasteiger partial charge < -0.3 is 19.0 Å². The highest BCUT2D eigenvalue weighted by molar-refractivity contribution is 5.76. The van der Waals surface area contributed by atoms with Gasteiger partial charge in [0.15, 0.2) is 5.82 Å². The summed E-state index contributed by atoms with van der Waals surface area (Å²) in [7, 11) is 0. The molecule has 0 saturated carbocycles.